The molecule has 23 heavy (non-hydrogen) atoms. The summed E-state index contributed by atoms with van der Waals surface area (Å²) in [6.07, 6.45) is 2.25. The van der Waals surface area contributed by atoms with E-state index in [1.807, 2.05) is 19.1 Å². The normalized spacial score (nSPS) is 10.8. The molecule has 7 heteroatoms. The van der Waals surface area contributed by atoms with E-state index in [4.69, 9.17) is 0 Å². The highest BCUT2D eigenvalue weighted by Crippen LogP contribution is 2.18. The van der Waals surface area contributed by atoms with Gasteiger partial charge in [-0.25, -0.2) is 9.97 Å². The first-order chi connectivity index (χ1) is 11.2. The molecule has 0 saturated carbocycles. The summed E-state index contributed by atoms with van der Waals surface area (Å²) in [5, 5.41) is 2.82. The van der Waals surface area contributed by atoms with Gasteiger partial charge in [0, 0.05) is 30.4 Å². The van der Waals surface area contributed by atoms with Crippen LogP contribution in [0.15, 0.2) is 40.9 Å². The number of carbonyl (C=O) groups excluding carboxylic acids is 1. The zero-order valence-electron chi connectivity index (χ0n) is 12.7. The number of nitrogens with zero attached hydrogens (tertiary/aromatic N) is 3. The summed E-state index contributed by atoms with van der Waals surface area (Å²) < 4.78 is 2.47. The predicted molar refractivity (Wildman–Crippen MR) is 89.8 cm³/mol. The summed E-state index contributed by atoms with van der Waals surface area (Å²) in [6, 6.07) is 6.94. The van der Waals surface area contributed by atoms with Crippen LogP contribution < -0.4 is 10.9 Å². The molecule has 0 aliphatic rings. The predicted octanol–water partition coefficient (Wildman–Crippen LogP) is 1.85. The Morgan fingerprint density at radius 1 is 1.30 bits per heavy atom. The number of benzene rings is 1. The van der Waals surface area contributed by atoms with Crippen molar-refractivity contribution in [2.75, 3.05) is 6.54 Å². The van der Waals surface area contributed by atoms with Crippen LogP contribution in [-0.2, 0) is 13.0 Å². The Balaban J connectivity index is 1.61. The van der Waals surface area contributed by atoms with E-state index in [0.29, 0.717) is 18.7 Å². The Bertz CT molecular complexity index is 900. The molecule has 118 valence electrons. The number of aromatic nitrogens is 3. The SMILES string of the molecule is CCc1cc(=O)n(CCNC(=O)c2ccc3ncsc3c2)cn1. The molecule has 0 saturated heterocycles. The van der Waals surface area contributed by atoms with Gasteiger partial charge >= 0.3 is 0 Å². The average molecular weight is 328 g/mol. The molecule has 1 N–H and O–H groups in total. The minimum Gasteiger partial charge on any atom is -0.350 e. The summed E-state index contributed by atoms with van der Waals surface area (Å²) in [4.78, 5) is 32.4. The molecule has 0 bridgehead atoms. The molecule has 1 aromatic carbocycles. The smallest absolute Gasteiger partial charge is 0.253 e. The number of hydrogen-bond donors (Lipinski definition) is 1. The summed E-state index contributed by atoms with van der Waals surface area (Å²) in [7, 11) is 0. The summed E-state index contributed by atoms with van der Waals surface area (Å²) in [6.45, 7) is 2.71. The van der Waals surface area contributed by atoms with E-state index < -0.39 is 0 Å². The molecule has 3 aromatic rings. The lowest BCUT2D eigenvalue weighted by molar-refractivity contribution is 0.0952. The van der Waals surface area contributed by atoms with Crippen molar-refractivity contribution in [3.63, 3.8) is 0 Å². The van der Waals surface area contributed by atoms with Gasteiger partial charge < -0.3 is 5.32 Å². The minimum absolute atomic E-state index is 0.0998. The minimum atomic E-state index is -0.161. The highest BCUT2D eigenvalue weighted by Gasteiger charge is 2.07. The Kier molecular flexibility index (Phi) is 4.47. The maximum Gasteiger partial charge on any atom is 0.253 e. The number of fused-ring (bicyclic) bond motifs is 1. The van der Waals surface area contributed by atoms with Crippen molar-refractivity contribution >= 4 is 27.5 Å². The molecule has 0 aliphatic carbocycles. The van der Waals surface area contributed by atoms with Crippen molar-refractivity contribution in [1.82, 2.24) is 19.9 Å². The molecule has 2 heterocycles. The number of carbonyl (C=O) groups is 1. The summed E-state index contributed by atoms with van der Waals surface area (Å²) in [5.74, 6) is -0.161. The van der Waals surface area contributed by atoms with Gasteiger partial charge in [0.1, 0.15) is 0 Å². The maximum absolute atomic E-state index is 12.2. The lowest BCUT2D eigenvalue weighted by atomic mass is 10.2. The van der Waals surface area contributed by atoms with Crippen LogP contribution in [-0.4, -0.2) is 27.0 Å². The van der Waals surface area contributed by atoms with Crippen LogP contribution in [0, 0.1) is 0 Å². The van der Waals surface area contributed by atoms with Crippen LogP contribution in [0.4, 0.5) is 0 Å². The van der Waals surface area contributed by atoms with Gasteiger partial charge in [0.05, 0.1) is 22.1 Å². The van der Waals surface area contributed by atoms with Crippen LogP contribution in [0.3, 0.4) is 0 Å². The highest BCUT2D eigenvalue weighted by atomic mass is 32.1. The van der Waals surface area contributed by atoms with Crippen molar-refractivity contribution in [3.8, 4) is 0 Å². The molecule has 3 rings (SSSR count). The number of aryl methyl sites for hydroxylation is 1. The first-order valence-corrected chi connectivity index (χ1v) is 8.22. The molecule has 0 fully saturated rings. The fourth-order valence-corrected chi connectivity index (χ4v) is 2.93. The third-order valence-electron chi connectivity index (χ3n) is 3.53. The molecule has 2 aromatic heterocycles. The fourth-order valence-electron chi connectivity index (χ4n) is 2.21. The van der Waals surface area contributed by atoms with Gasteiger partial charge in [0.15, 0.2) is 0 Å². The molecular weight excluding hydrogens is 312 g/mol. The zero-order chi connectivity index (χ0) is 16.2. The van der Waals surface area contributed by atoms with Crippen molar-refractivity contribution in [2.45, 2.75) is 19.9 Å². The standard InChI is InChI=1S/C16H16N4O2S/c1-2-12-8-15(21)20(9-18-12)6-5-17-16(22)11-3-4-13-14(7-11)23-10-19-13/h3-4,7-10H,2,5-6H2,1H3,(H,17,22). The third kappa shape index (κ3) is 3.45. The van der Waals surface area contributed by atoms with Gasteiger partial charge in [-0.15, -0.1) is 11.3 Å². The van der Waals surface area contributed by atoms with Crippen molar-refractivity contribution in [3.05, 3.63) is 57.7 Å². The number of amides is 1. The van der Waals surface area contributed by atoms with E-state index in [1.54, 1.807) is 11.6 Å². The van der Waals surface area contributed by atoms with Crippen LogP contribution in [0.5, 0.6) is 0 Å². The average Bonchev–Trinajstić information content (AvgIpc) is 3.03. The molecule has 6 nitrogen and oxygen atoms in total. The second kappa shape index (κ2) is 6.70. The van der Waals surface area contributed by atoms with E-state index in [0.717, 1.165) is 22.3 Å². The number of nitrogens with one attached hydrogen (secondary N) is 1. The quantitative estimate of drug-likeness (QED) is 0.775. The summed E-state index contributed by atoms with van der Waals surface area (Å²) >= 11 is 1.50. The van der Waals surface area contributed by atoms with Gasteiger partial charge in [-0.2, -0.15) is 0 Å². The van der Waals surface area contributed by atoms with Gasteiger partial charge in [-0.1, -0.05) is 6.92 Å². The van der Waals surface area contributed by atoms with Gasteiger partial charge in [-0.05, 0) is 24.6 Å². The molecular formula is C16H16N4O2S. The molecule has 0 spiro atoms. The Morgan fingerprint density at radius 3 is 2.96 bits per heavy atom. The Hall–Kier alpha value is -2.54. The highest BCUT2D eigenvalue weighted by molar-refractivity contribution is 7.16. The molecule has 1 amide bonds. The van der Waals surface area contributed by atoms with E-state index in [2.05, 4.69) is 15.3 Å². The Labute approximate surface area is 136 Å². The largest absolute Gasteiger partial charge is 0.350 e. The van der Waals surface area contributed by atoms with Crippen molar-refractivity contribution in [2.24, 2.45) is 0 Å². The van der Waals surface area contributed by atoms with Crippen LogP contribution >= 0.6 is 11.3 Å². The zero-order valence-corrected chi connectivity index (χ0v) is 13.5. The topological polar surface area (TPSA) is 76.9 Å². The molecule has 0 atom stereocenters. The fraction of sp³-hybridized carbons (Fsp3) is 0.250. The van der Waals surface area contributed by atoms with Gasteiger partial charge in [0.25, 0.3) is 11.5 Å². The molecule has 0 unspecified atom stereocenters. The third-order valence-corrected chi connectivity index (χ3v) is 4.32. The van der Waals surface area contributed by atoms with Crippen LogP contribution in [0.2, 0.25) is 0 Å². The monoisotopic (exact) mass is 328 g/mol. The van der Waals surface area contributed by atoms with E-state index in [9.17, 15) is 9.59 Å². The maximum atomic E-state index is 12.2. The van der Waals surface area contributed by atoms with Crippen LogP contribution in [0.25, 0.3) is 10.2 Å². The first kappa shape index (κ1) is 15.4. The van der Waals surface area contributed by atoms with E-state index in [1.165, 1.54) is 28.3 Å². The van der Waals surface area contributed by atoms with Crippen molar-refractivity contribution < 1.29 is 4.79 Å². The van der Waals surface area contributed by atoms with E-state index >= 15 is 0 Å². The Morgan fingerprint density at radius 2 is 2.17 bits per heavy atom. The number of rotatable bonds is 5. The second-order valence-electron chi connectivity index (χ2n) is 5.06. The number of thiazole rings is 1. The van der Waals surface area contributed by atoms with Gasteiger partial charge in [0.2, 0.25) is 0 Å². The second-order valence-corrected chi connectivity index (χ2v) is 5.94. The van der Waals surface area contributed by atoms with Crippen LogP contribution in [0.1, 0.15) is 23.0 Å². The number of hydrogen-bond acceptors (Lipinski definition) is 5. The molecule has 0 aliphatic heterocycles. The van der Waals surface area contributed by atoms with Crippen molar-refractivity contribution in [1.29, 1.82) is 0 Å². The lowest BCUT2D eigenvalue weighted by Crippen LogP contribution is -2.31. The summed E-state index contributed by atoms with van der Waals surface area (Å²) in [5.41, 5.74) is 3.91. The first-order valence-electron chi connectivity index (χ1n) is 7.34. The van der Waals surface area contributed by atoms with Gasteiger partial charge in [-0.3, -0.25) is 14.2 Å². The molecule has 0 radical (unpaired) electrons. The van der Waals surface area contributed by atoms with E-state index in [-0.39, 0.29) is 11.5 Å². The lowest BCUT2D eigenvalue weighted by Gasteiger charge is -2.08.